The van der Waals surface area contributed by atoms with Crippen molar-refractivity contribution in [2.24, 2.45) is 0 Å². The third-order valence-electron chi connectivity index (χ3n) is 3.97. The Morgan fingerprint density at radius 3 is 2.33 bits per heavy atom. The van der Waals surface area contributed by atoms with Gasteiger partial charge >= 0.3 is 12.2 Å². The molecule has 2 aromatic rings. The van der Waals surface area contributed by atoms with Gasteiger partial charge in [-0.05, 0) is 36.6 Å². The molecular formula is C17H14ClF3N2O. The van der Waals surface area contributed by atoms with Crippen molar-refractivity contribution >= 4 is 23.3 Å². The van der Waals surface area contributed by atoms with E-state index in [1.807, 2.05) is 30.3 Å². The summed E-state index contributed by atoms with van der Waals surface area (Å²) in [6.45, 7) is 0. The van der Waals surface area contributed by atoms with Gasteiger partial charge in [0.25, 0.3) is 0 Å². The number of hydrogen-bond donors (Lipinski definition) is 2. The van der Waals surface area contributed by atoms with Crippen LogP contribution in [-0.2, 0) is 11.7 Å². The van der Waals surface area contributed by atoms with Crippen LogP contribution < -0.4 is 10.6 Å². The number of carbonyl (C=O) groups excluding carboxylic acids is 1. The van der Waals surface area contributed by atoms with Gasteiger partial charge in [0, 0.05) is 0 Å². The van der Waals surface area contributed by atoms with E-state index >= 15 is 0 Å². The zero-order valence-corrected chi connectivity index (χ0v) is 13.2. The van der Waals surface area contributed by atoms with Crippen LogP contribution >= 0.6 is 11.6 Å². The summed E-state index contributed by atoms with van der Waals surface area (Å²) in [4.78, 5) is 12.2. The minimum Gasteiger partial charge on any atom is -0.328 e. The van der Waals surface area contributed by atoms with E-state index in [-0.39, 0.29) is 10.7 Å². The number of amides is 2. The van der Waals surface area contributed by atoms with Crippen molar-refractivity contribution in [1.82, 2.24) is 5.32 Å². The fourth-order valence-corrected chi connectivity index (χ4v) is 2.70. The molecule has 0 spiro atoms. The second-order valence-corrected chi connectivity index (χ2v) is 6.13. The van der Waals surface area contributed by atoms with Gasteiger partial charge in [0.15, 0.2) is 0 Å². The average molecular weight is 355 g/mol. The van der Waals surface area contributed by atoms with E-state index in [0.29, 0.717) is 0 Å². The first-order valence-corrected chi connectivity index (χ1v) is 7.69. The fraction of sp³-hybridized carbons (Fsp3) is 0.235. The van der Waals surface area contributed by atoms with Gasteiger partial charge in [-0.2, -0.15) is 13.2 Å². The van der Waals surface area contributed by atoms with Crippen molar-refractivity contribution < 1.29 is 18.0 Å². The first kappa shape index (κ1) is 16.6. The van der Waals surface area contributed by atoms with Crippen LogP contribution in [0.2, 0.25) is 5.02 Å². The molecular weight excluding hydrogens is 341 g/mol. The number of nitrogens with one attached hydrogen (secondary N) is 2. The zero-order valence-electron chi connectivity index (χ0n) is 12.5. The molecule has 0 bridgehead atoms. The van der Waals surface area contributed by atoms with E-state index in [9.17, 15) is 18.0 Å². The van der Waals surface area contributed by atoms with Crippen molar-refractivity contribution in [2.45, 2.75) is 24.6 Å². The summed E-state index contributed by atoms with van der Waals surface area (Å²) in [6.07, 6.45) is -2.94. The van der Waals surface area contributed by atoms with Gasteiger partial charge in [0.05, 0.1) is 21.8 Å². The van der Waals surface area contributed by atoms with Gasteiger partial charge < -0.3 is 10.6 Å². The standard InChI is InChI=1S/C17H14ClF3N2O/c18-13-7-6-12(17(19,20)21)10-14(13)22-15(24)23-16(8-9-16)11-4-2-1-3-5-11/h1-7,10H,8-9H2,(H2,22,23,24). The average Bonchev–Trinajstić information content (AvgIpc) is 3.30. The van der Waals surface area contributed by atoms with Crippen molar-refractivity contribution in [3.05, 3.63) is 64.7 Å². The van der Waals surface area contributed by atoms with Crippen LogP contribution in [0.1, 0.15) is 24.0 Å². The Labute approximate surface area is 141 Å². The molecule has 0 radical (unpaired) electrons. The van der Waals surface area contributed by atoms with Crippen LogP contribution in [-0.4, -0.2) is 6.03 Å². The van der Waals surface area contributed by atoms with E-state index in [1.54, 1.807) is 0 Å². The Hall–Kier alpha value is -2.21. The number of hydrogen-bond acceptors (Lipinski definition) is 1. The summed E-state index contributed by atoms with van der Waals surface area (Å²) in [7, 11) is 0. The SMILES string of the molecule is O=C(Nc1cc(C(F)(F)F)ccc1Cl)NC1(c2ccccc2)CC1. The van der Waals surface area contributed by atoms with E-state index in [4.69, 9.17) is 11.6 Å². The molecule has 1 fully saturated rings. The molecule has 0 saturated heterocycles. The molecule has 1 aliphatic carbocycles. The summed E-state index contributed by atoms with van der Waals surface area (Å²) in [5, 5.41) is 5.28. The molecule has 3 nitrogen and oxygen atoms in total. The highest BCUT2D eigenvalue weighted by atomic mass is 35.5. The normalized spacial score (nSPS) is 15.7. The highest BCUT2D eigenvalue weighted by molar-refractivity contribution is 6.33. The Balaban J connectivity index is 1.74. The lowest BCUT2D eigenvalue weighted by Gasteiger charge is -2.19. The number of benzene rings is 2. The highest BCUT2D eigenvalue weighted by Gasteiger charge is 2.45. The monoisotopic (exact) mass is 354 g/mol. The molecule has 2 aromatic carbocycles. The minimum absolute atomic E-state index is 0.0442. The number of halogens is 4. The molecule has 0 aromatic heterocycles. The number of alkyl halides is 3. The molecule has 0 heterocycles. The maximum atomic E-state index is 12.8. The molecule has 7 heteroatoms. The molecule has 1 aliphatic rings. The van der Waals surface area contributed by atoms with Crippen molar-refractivity contribution in [3.8, 4) is 0 Å². The van der Waals surface area contributed by atoms with Crippen LogP contribution in [0.5, 0.6) is 0 Å². The van der Waals surface area contributed by atoms with Crippen LogP contribution in [0, 0.1) is 0 Å². The van der Waals surface area contributed by atoms with Crippen LogP contribution in [0.3, 0.4) is 0 Å². The third kappa shape index (κ3) is 3.48. The van der Waals surface area contributed by atoms with Crippen LogP contribution in [0.4, 0.5) is 23.7 Å². The van der Waals surface area contributed by atoms with Crippen molar-refractivity contribution in [3.63, 3.8) is 0 Å². The lowest BCUT2D eigenvalue weighted by Crippen LogP contribution is -2.38. The van der Waals surface area contributed by atoms with Crippen LogP contribution in [0.25, 0.3) is 0 Å². The molecule has 2 amide bonds. The minimum atomic E-state index is -4.50. The maximum absolute atomic E-state index is 12.8. The van der Waals surface area contributed by atoms with E-state index < -0.39 is 23.3 Å². The first-order valence-electron chi connectivity index (χ1n) is 7.32. The van der Waals surface area contributed by atoms with E-state index in [2.05, 4.69) is 10.6 Å². The predicted molar refractivity (Wildman–Crippen MR) is 86.0 cm³/mol. The predicted octanol–water partition coefficient (Wildman–Crippen LogP) is 5.17. The van der Waals surface area contributed by atoms with Gasteiger partial charge in [-0.3, -0.25) is 0 Å². The molecule has 0 atom stereocenters. The van der Waals surface area contributed by atoms with Gasteiger partial charge in [-0.25, -0.2) is 4.79 Å². The molecule has 2 N–H and O–H groups in total. The second kappa shape index (κ2) is 6.02. The Morgan fingerprint density at radius 2 is 1.75 bits per heavy atom. The van der Waals surface area contributed by atoms with Gasteiger partial charge in [-0.1, -0.05) is 41.9 Å². The molecule has 0 aliphatic heterocycles. The summed E-state index contributed by atoms with van der Waals surface area (Å²) >= 11 is 5.88. The number of urea groups is 1. The van der Waals surface area contributed by atoms with E-state index in [0.717, 1.165) is 36.6 Å². The number of anilines is 1. The van der Waals surface area contributed by atoms with Gasteiger partial charge in [-0.15, -0.1) is 0 Å². The van der Waals surface area contributed by atoms with E-state index in [1.165, 1.54) is 0 Å². The lowest BCUT2D eigenvalue weighted by atomic mass is 10.1. The summed E-state index contributed by atoms with van der Waals surface area (Å²) in [5.41, 5.74) is -0.436. The second-order valence-electron chi connectivity index (χ2n) is 5.72. The molecule has 1 saturated carbocycles. The fourth-order valence-electron chi connectivity index (χ4n) is 2.54. The van der Waals surface area contributed by atoms with Crippen LogP contribution in [0.15, 0.2) is 48.5 Å². The largest absolute Gasteiger partial charge is 0.416 e. The topological polar surface area (TPSA) is 41.1 Å². The molecule has 0 unspecified atom stereocenters. The van der Waals surface area contributed by atoms with Gasteiger partial charge in [0.2, 0.25) is 0 Å². The summed E-state index contributed by atoms with van der Waals surface area (Å²) in [6, 6.07) is 11.7. The maximum Gasteiger partial charge on any atom is 0.416 e. The Morgan fingerprint density at radius 1 is 1.08 bits per heavy atom. The number of rotatable bonds is 3. The third-order valence-corrected chi connectivity index (χ3v) is 4.30. The molecule has 126 valence electrons. The lowest BCUT2D eigenvalue weighted by molar-refractivity contribution is -0.137. The summed E-state index contributed by atoms with van der Waals surface area (Å²) in [5.74, 6) is 0. The smallest absolute Gasteiger partial charge is 0.328 e. The highest BCUT2D eigenvalue weighted by Crippen LogP contribution is 2.45. The van der Waals surface area contributed by atoms with Crippen molar-refractivity contribution in [2.75, 3.05) is 5.32 Å². The number of carbonyl (C=O) groups is 1. The van der Waals surface area contributed by atoms with Crippen molar-refractivity contribution in [1.29, 1.82) is 0 Å². The first-order chi connectivity index (χ1) is 11.3. The quantitative estimate of drug-likeness (QED) is 0.784. The van der Waals surface area contributed by atoms with Gasteiger partial charge in [0.1, 0.15) is 0 Å². The zero-order chi connectivity index (χ0) is 17.4. The molecule has 24 heavy (non-hydrogen) atoms. The Kier molecular flexibility index (Phi) is 4.17. The molecule has 3 rings (SSSR count). The Bertz CT molecular complexity index is 758. The summed E-state index contributed by atoms with van der Waals surface area (Å²) < 4.78 is 38.3.